The number of nitriles is 1. The summed E-state index contributed by atoms with van der Waals surface area (Å²) >= 11 is 0. The van der Waals surface area contributed by atoms with E-state index >= 15 is 0 Å². The summed E-state index contributed by atoms with van der Waals surface area (Å²) in [7, 11) is 1.51. The van der Waals surface area contributed by atoms with Gasteiger partial charge in [0.15, 0.2) is 0 Å². The van der Waals surface area contributed by atoms with E-state index in [4.69, 9.17) is 9.47 Å². The second kappa shape index (κ2) is 6.10. The van der Waals surface area contributed by atoms with Gasteiger partial charge in [0, 0.05) is 5.56 Å². The van der Waals surface area contributed by atoms with Crippen LogP contribution >= 0.6 is 0 Å². The summed E-state index contributed by atoms with van der Waals surface area (Å²) in [6.45, 7) is 5.28. The predicted molar refractivity (Wildman–Crippen MR) is 70.7 cm³/mol. The van der Waals surface area contributed by atoms with E-state index in [-0.39, 0.29) is 0 Å². The maximum absolute atomic E-state index is 11.7. The van der Waals surface area contributed by atoms with Crippen molar-refractivity contribution in [3.63, 3.8) is 0 Å². The summed E-state index contributed by atoms with van der Waals surface area (Å²) in [5.74, 6) is 0.546. The molecule has 1 aromatic rings. The Morgan fingerprint density at radius 3 is 2.53 bits per heavy atom. The van der Waals surface area contributed by atoms with Crippen LogP contribution in [0.2, 0.25) is 0 Å². The molecule has 0 spiro atoms. The van der Waals surface area contributed by atoms with E-state index in [1.165, 1.54) is 7.11 Å². The zero-order chi connectivity index (χ0) is 14.5. The molecule has 1 aromatic carbocycles. The molecule has 0 aromatic heterocycles. The molecular formula is C14H18N2O3. The maximum atomic E-state index is 11.7. The molecule has 1 N–H and O–H groups in total. The molecule has 19 heavy (non-hydrogen) atoms. The van der Waals surface area contributed by atoms with Crippen LogP contribution in [0.25, 0.3) is 0 Å². The topological polar surface area (TPSA) is 71.3 Å². The molecule has 0 fully saturated rings. The Bertz CT molecular complexity index is 486. The third-order valence-corrected chi connectivity index (χ3v) is 2.24. The van der Waals surface area contributed by atoms with Gasteiger partial charge in [-0.2, -0.15) is 5.26 Å². The Kier molecular flexibility index (Phi) is 4.76. The van der Waals surface area contributed by atoms with Crippen molar-refractivity contribution >= 4 is 6.09 Å². The van der Waals surface area contributed by atoms with Crippen LogP contribution in [-0.4, -0.2) is 18.8 Å². The Morgan fingerprint density at radius 1 is 1.37 bits per heavy atom. The van der Waals surface area contributed by atoms with E-state index in [0.717, 1.165) is 0 Å². The smallest absolute Gasteiger partial charge is 0.408 e. The van der Waals surface area contributed by atoms with Gasteiger partial charge in [0.05, 0.1) is 13.2 Å². The Balaban J connectivity index is 2.85. The number of para-hydroxylation sites is 1. The van der Waals surface area contributed by atoms with Gasteiger partial charge in [-0.15, -0.1) is 0 Å². The lowest BCUT2D eigenvalue weighted by Gasteiger charge is -2.21. The lowest BCUT2D eigenvalue weighted by Crippen LogP contribution is -2.34. The van der Waals surface area contributed by atoms with Crippen LogP contribution < -0.4 is 10.1 Å². The standard InChI is InChI=1S/C14H18N2O3/c1-14(2,3)19-13(17)16-11(9-15)10-7-5-6-8-12(10)18-4/h5-8,11H,1-4H3,(H,16,17)/t11-/m1/s1. The third-order valence-electron chi connectivity index (χ3n) is 2.24. The zero-order valence-electron chi connectivity index (χ0n) is 11.6. The number of carbonyl (C=O) groups excluding carboxylic acids is 1. The van der Waals surface area contributed by atoms with Gasteiger partial charge in [-0.1, -0.05) is 18.2 Å². The van der Waals surface area contributed by atoms with E-state index in [1.807, 2.05) is 6.07 Å². The Labute approximate surface area is 113 Å². The van der Waals surface area contributed by atoms with Gasteiger partial charge in [0.25, 0.3) is 0 Å². The third kappa shape index (κ3) is 4.51. The van der Waals surface area contributed by atoms with Gasteiger partial charge >= 0.3 is 6.09 Å². The summed E-state index contributed by atoms with van der Waals surface area (Å²) in [6.07, 6.45) is -0.634. The van der Waals surface area contributed by atoms with Crippen LogP contribution in [0.15, 0.2) is 24.3 Å². The van der Waals surface area contributed by atoms with Crippen molar-refractivity contribution in [2.75, 3.05) is 7.11 Å². The summed E-state index contributed by atoms with van der Waals surface area (Å²) in [6, 6.07) is 8.24. The molecule has 1 atom stereocenters. The minimum Gasteiger partial charge on any atom is -0.496 e. The summed E-state index contributed by atoms with van der Waals surface area (Å²) < 4.78 is 10.3. The fourth-order valence-electron chi connectivity index (χ4n) is 1.51. The average molecular weight is 262 g/mol. The first kappa shape index (κ1) is 14.8. The number of ether oxygens (including phenoxy) is 2. The number of carbonyl (C=O) groups is 1. The number of benzene rings is 1. The molecule has 0 heterocycles. The van der Waals surface area contributed by atoms with Crippen LogP contribution in [-0.2, 0) is 4.74 Å². The number of hydrogen-bond acceptors (Lipinski definition) is 4. The van der Waals surface area contributed by atoms with Gasteiger partial charge in [0.2, 0.25) is 0 Å². The lowest BCUT2D eigenvalue weighted by atomic mass is 10.1. The summed E-state index contributed by atoms with van der Waals surface area (Å²) in [4.78, 5) is 11.7. The molecule has 0 aliphatic rings. The van der Waals surface area contributed by atoms with Crippen molar-refractivity contribution in [1.29, 1.82) is 5.26 Å². The van der Waals surface area contributed by atoms with Crippen molar-refractivity contribution in [1.82, 2.24) is 5.32 Å². The van der Waals surface area contributed by atoms with Crippen molar-refractivity contribution in [3.05, 3.63) is 29.8 Å². The van der Waals surface area contributed by atoms with Crippen LogP contribution in [0, 0.1) is 11.3 Å². The van der Waals surface area contributed by atoms with Crippen molar-refractivity contribution < 1.29 is 14.3 Å². The highest BCUT2D eigenvalue weighted by atomic mass is 16.6. The van der Waals surface area contributed by atoms with Crippen molar-refractivity contribution in [2.24, 2.45) is 0 Å². The average Bonchev–Trinajstić information content (AvgIpc) is 2.33. The van der Waals surface area contributed by atoms with Gasteiger partial charge in [-0.05, 0) is 26.8 Å². The molecule has 5 nitrogen and oxygen atoms in total. The highest BCUT2D eigenvalue weighted by Gasteiger charge is 2.22. The Morgan fingerprint density at radius 2 is 2.00 bits per heavy atom. The lowest BCUT2D eigenvalue weighted by molar-refractivity contribution is 0.0515. The largest absolute Gasteiger partial charge is 0.496 e. The quantitative estimate of drug-likeness (QED) is 0.909. The van der Waals surface area contributed by atoms with E-state index < -0.39 is 17.7 Å². The van der Waals surface area contributed by atoms with Crippen LogP contribution in [0.5, 0.6) is 5.75 Å². The molecule has 102 valence electrons. The SMILES string of the molecule is COc1ccccc1[C@@H](C#N)NC(=O)OC(C)(C)C. The van der Waals surface area contributed by atoms with Gasteiger partial charge in [-0.25, -0.2) is 4.79 Å². The molecule has 1 rings (SSSR count). The van der Waals surface area contributed by atoms with E-state index in [2.05, 4.69) is 5.32 Å². The molecule has 0 radical (unpaired) electrons. The number of alkyl carbamates (subject to hydrolysis) is 1. The summed E-state index contributed by atoms with van der Waals surface area (Å²) in [5, 5.41) is 11.7. The van der Waals surface area contributed by atoms with Crippen LogP contribution in [0.4, 0.5) is 4.79 Å². The maximum Gasteiger partial charge on any atom is 0.408 e. The normalized spacial score (nSPS) is 12.2. The first-order chi connectivity index (χ1) is 8.87. The second-order valence-corrected chi connectivity index (χ2v) is 4.95. The first-order valence-electron chi connectivity index (χ1n) is 5.89. The van der Waals surface area contributed by atoms with Crippen molar-refractivity contribution in [2.45, 2.75) is 32.4 Å². The van der Waals surface area contributed by atoms with Gasteiger partial charge < -0.3 is 14.8 Å². The van der Waals surface area contributed by atoms with E-state index in [0.29, 0.717) is 11.3 Å². The zero-order valence-corrected chi connectivity index (χ0v) is 11.6. The number of hydrogen-bond donors (Lipinski definition) is 1. The fourth-order valence-corrected chi connectivity index (χ4v) is 1.51. The molecule has 0 saturated heterocycles. The predicted octanol–water partition coefficient (Wildman–Crippen LogP) is 2.78. The minimum absolute atomic E-state index is 0.546. The first-order valence-corrected chi connectivity index (χ1v) is 5.89. The molecule has 0 aliphatic heterocycles. The highest BCUT2D eigenvalue weighted by Crippen LogP contribution is 2.24. The van der Waals surface area contributed by atoms with Crippen LogP contribution in [0.1, 0.15) is 32.4 Å². The number of amides is 1. The monoisotopic (exact) mass is 262 g/mol. The Hall–Kier alpha value is -2.22. The fraction of sp³-hybridized carbons (Fsp3) is 0.429. The molecule has 0 bridgehead atoms. The molecule has 0 unspecified atom stereocenters. The van der Waals surface area contributed by atoms with Crippen molar-refractivity contribution in [3.8, 4) is 11.8 Å². The minimum atomic E-state index is -0.814. The molecule has 0 aliphatic carbocycles. The van der Waals surface area contributed by atoms with Gasteiger partial charge in [-0.3, -0.25) is 0 Å². The van der Waals surface area contributed by atoms with E-state index in [1.54, 1.807) is 45.0 Å². The molecule has 0 saturated carbocycles. The number of methoxy groups -OCH3 is 1. The van der Waals surface area contributed by atoms with E-state index in [9.17, 15) is 10.1 Å². The highest BCUT2D eigenvalue weighted by molar-refractivity contribution is 5.69. The second-order valence-electron chi connectivity index (χ2n) is 4.95. The molecular weight excluding hydrogens is 244 g/mol. The summed E-state index contributed by atoms with van der Waals surface area (Å²) in [5.41, 5.74) is -0.0106. The molecule has 5 heteroatoms. The molecule has 1 amide bonds. The number of nitrogens with zero attached hydrogens (tertiary/aromatic N) is 1. The number of nitrogens with one attached hydrogen (secondary N) is 1. The van der Waals surface area contributed by atoms with Crippen LogP contribution in [0.3, 0.4) is 0 Å². The van der Waals surface area contributed by atoms with Gasteiger partial charge in [0.1, 0.15) is 17.4 Å². The number of rotatable bonds is 3.